The lowest BCUT2D eigenvalue weighted by atomic mass is 9.73. The molecule has 1 aromatic rings. The minimum absolute atomic E-state index is 0.162. The maximum Gasteiger partial charge on any atom is 0.230 e. The van der Waals surface area contributed by atoms with Gasteiger partial charge >= 0.3 is 0 Å². The third-order valence-electron chi connectivity index (χ3n) is 5.99. The van der Waals surface area contributed by atoms with Crippen molar-refractivity contribution in [1.29, 1.82) is 0 Å². The van der Waals surface area contributed by atoms with Gasteiger partial charge in [0.25, 0.3) is 0 Å². The summed E-state index contributed by atoms with van der Waals surface area (Å²) in [5.74, 6) is 1.03. The SMILES string of the molecule is CC1CCN(CCCNC(=O)C2(c3ccc(Br)cc3)CCOCC2)CC1. The number of carbonyl (C=O) groups is 1. The Morgan fingerprint density at radius 2 is 1.88 bits per heavy atom. The summed E-state index contributed by atoms with van der Waals surface area (Å²) in [6.07, 6.45) is 5.14. The summed E-state index contributed by atoms with van der Waals surface area (Å²) in [7, 11) is 0. The molecule has 0 bridgehead atoms. The van der Waals surface area contributed by atoms with Gasteiger partial charge in [0.1, 0.15) is 0 Å². The molecule has 4 nitrogen and oxygen atoms in total. The van der Waals surface area contributed by atoms with Crippen LogP contribution in [0.25, 0.3) is 0 Å². The van der Waals surface area contributed by atoms with Crippen molar-refractivity contribution < 1.29 is 9.53 Å². The van der Waals surface area contributed by atoms with Gasteiger partial charge in [-0.15, -0.1) is 0 Å². The van der Waals surface area contributed by atoms with Crippen LogP contribution in [0.5, 0.6) is 0 Å². The van der Waals surface area contributed by atoms with E-state index in [1.54, 1.807) is 0 Å². The fourth-order valence-corrected chi connectivity index (χ4v) is 4.36. The summed E-state index contributed by atoms with van der Waals surface area (Å²) in [5.41, 5.74) is 0.658. The summed E-state index contributed by atoms with van der Waals surface area (Å²) < 4.78 is 6.58. The highest BCUT2D eigenvalue weighted by atomic mass is 79.9. The Hall–Kier alpha value is -0.910. The van der Waals surface area contributed by atoms with Crippen LogP contribution in [0.3, 0.4) is 0 Å². The van der Waals surface area contributed by atoms with Gasteiger partial charge in [-0.25, -0.2) is 0 Å². The number of halogens is 1. The Kier molecular flexibility index (Phi) is 7.12. The van der Waals surface area contributed by atoms with Crippen molar-refractivity contribution in [3.63, 3.8) is 0 Å². The molecule has 1 N–H and O–H groups in total. The minimum Gasteiger partial charge on any atom is -0.381 e. The van der Waals surface area contributed by atoms with Crippen LogP contribution in [0.4, 0.5) is 0 Å². The van der Waals surface area contributed by atoms with E-state index in [4.69, 9.17) is 4.74 Å². The molecule has 2 aliphatic heterocycles. The van der Waals surface area contributed by atoms with Gasteiger partial charge < -0.3 is 15.0 Å². The van der Waals surface area contributed by atoms with E-state index in [0.29, 0.717) is 13.2 Å². The molecule has 2 saturated heterocycles. The number of hydrogen-bond donors (Lipinski definition) is 1. The van der Waals surface area contributed by atoms with Gasteiger partial charge in [-0.2, -0.15) is 0 Å². The van der Waals surface area contributed by atoms with Crippen LogP contribution in [0, 0.1) is 5.92 Å². The molecular formula is C21H31BrN2O2. The standard InChI is InChI=1S/C21H31BrN2O2/c1-17-7-13-24(14-8-17)12-2-11-23-20(25)21(9-15-26-16-10-21)18-3-5-19(22)6-4-18/h3-6,17H,2,7-16H2,1H3,(H,23,25). The van der Waals surface area contributed by atoms with Gasteiger partial charge in [0.15, 0.2) is 0 Å². The zero-order valence-electron chi connectivity index (χ0n) is 15.8. The Labute approximate surface area is 165 Å². The number of nitrogens with one attached hydrogen (secondary N) is 1. The molecule has 0 spiro atoms. The number of hydrogen-bond acceptors (Lipinski definition) is 3. The van der Waals surface area contributed by atoms with Crippen LogP contribution in [0.1, 0.15) is 44.6 Å². The number of carbonyl (C=O) groups excluding carboxylic acids is 1. The molecule has 2 fully saturated rings. The molecule has 0 atom stereocenters. The van der Waals surface area contributed by atoms with Crippen LogP contribution >= 0.6 is 15.9 Å². The molecule has 0 saturated carbocycles. The van der Waals surface area contributed by atoms with Crippen LogP contribution in [-0.4, -0.2) is 50.2 Å². The maximum absolute atomic E-state index is 13.1. The first-order valence-corrected chi connectivity index (χ1v) is 10.7. The highest BCUT2D eigenvalue weighted by molar-refractivity contribution is 9.10. The first-order valence-electron chi connectivity index (χ1n) is 9.95. The molecule has 2 aliphatic rings. The zero-order chi connectivity index (χ0) is 18.4. The number of likely N-dealkylation sites (tertiary alicyclic amines) is 1. The summed E-state index contributed by atoms with van der Waals surface area (Å²) in [4.78, 5) is 15.6. The van der Waals surface area contributed by atoms with E-state index in [2.05, 4.69) is 45.2 Å². The van der Waals surface area contributed by atoms with E-state index in [0.717, 1.165) is 48.3 Å². The second kappa shape index (κ2) is 9.34. The van der Waals surface area contributed by atoms with Gasteiger partial charge in [0.2, 0.25) is 5.91 Å². The van der Waals surface area contributed by atoms with Crippen LogP contribution < -0.4 is 5.32 Å². The number of nitrogens with zero attached hydrogens (tertiary/aromatic N) is 1. The van der Waals surface area contributed by atoms with Crippen molar-refractivity contribution in [2.75, 3.05) is 39.4 Å². The topological polar surface area (TPSA) is 41.6 Å². The lowest BCUT2D eigenvalue weighted by molar-refractivity contribution is -0.130. The van der Waals surface area contributed by atoms with Gasteiger partial charge in [-0.05, 0) is 75.4 Å². The Balaban J connectivity index is 1.54. The minimum atomic E-state index is -0.445. The lowest BCUT2D eigenvalue weighted by Crippen LogP contribution is -2.48. The first-order chi connectivity index (χ1) is 12.6. The second-order valence-corrected chi connectivity index (χ2v) is 8.75. The normalized spacial score (nSPS) is 21.5. The highest BCUT2D eigenvalue weighted by Crippen LogP contribution is 2.35. The molecule has 144 valence electrons. The quantitative estimate of drug-likeness (QED) is 0.709. The third kappa shape index (κ3) is 4.87. The molecule has 0 radical (unpaired) electrons. The smallest absolute Gasteiger partial charge is 0.230 e. The van der Waals surface area contributed by atoms with Crippen molar-refractivity contribution in [2.24, 2.45) is 5.92 Å². The maximum atomic E-state index is 13.1. The Morgan fingerprint density at radius 1 is 1.23 bits per heavy atom. The molecule has 2 heterocycles. The van der Waals surface area contributed by atoms with E-state index in [9.17, 15) is 4.79 Å². The molecule has 1 aromatic carbocycles. The molecule has 26 heavy (non-hydrogen) atoms. The predicted octanol–water partition coefficient (Wildman–Crippen LogP) is 3.74. The molecule has 1 amide bonds. The molecule has 5 heteroatoms. The van der Waals surface area contributed by atoms with E-state index in [1.807, 2.05) is 12.1 Å². The predicted molar refractivity (Wildman–Crippen MR) is 108 cm³/mol. The number of ether oxygens (including phenoxy) is 1. The number of benzene rings is 1. The average molecular weight is 423 g/mol. The van der Waals surface area contributed by atoms with Crippen molar-refractivity contribution in [3.05, 3.63) is 34.3 Å². The summed E-state index contributed by atoms with van der Waals surface area (Å²) in [5, 5.41) is 3.22. The molecule has 0 unspecified atom stereocenters. The van der Waals surface area contributed by atoms with E-state index in [1.165, 1.54) is 25.9 Å². The number of rotatable bonds is 6. The number of piperidine rings is 1. The monoisotopic (exact) mass is 422 g/mol. The Bertz CT molecular complexity index is 576. The van der Waals surface area contributed by atoms with Crippen LogP contribution in [-0.2, 0) is 14.9 Å². The van der Waals surface area contributed by atoms with Crippen molar-refractivity contribution in [2.45, 2.75) is 44.4 Å². The van der Waals surface area contributed by atoms with Crippen LogP contribution in [0.2, 0.25) is 0 Å². The van der Waals surface area contributed by atoms with Gasteiger partial charge in [0.05, 0.1) is 5.41 Å². The van der Waals surface area contributed by atoms with E-state index < -0.39 is 5.41 Å². The van der Waals surface area contributed by atoms with Crippen molar-refractivity contribution >= 4 is 21.8 Å². The molecule has 3 rings (SSSR count). The molecule has 0 aromatic heterocycles. The average Bonchev–Trinajstić information content (AvgIpc) is 2.67. The summed E-state index contributed by atoms with van der Waals surface area (Å²) in [6.45, 7) is 7.88. The van der Waals surface area contributed by atoms with E-state index >= 15 is 0 Å². The number of amides is 1. The fourth-order valence-electron chi connectivity index (χ4n) is 4.10. The zero-order valence-corrected chi connectivity index (χ0v) is 17.4. The Morgan fingerprint density at radius 3 is 2.54 bits per heavy atom. The largest absolute Gasteiger partial charge is 0.381 e. The molecular weight excluding hydrogens is 392 g/mol. The summed E-state index contributed by atoms with van der Waals surface area (Å²) >= 11 is 3.49. The summed E-state index contributed by atoms with van der Waals surface area (Å²) in [6, 6.07) is 8.20. The van der Waals surface area contributed by atoms with Crippen molar-refractivity contribution in [3.8, 4) is 0 Å². The van der Waals surface area contributed by atoms with Gasteiger partial charge in [0, 0.05) is 24.2 Å². The molecule has 0 aliphatic carbocycles. The van der Waals surface area contributed by atoms with Crippen molar-refractivity contribution in [1.82, 2.24) is 10.2 Å². The third-order valence-corrected chi connectivity index (χ3v) is 6.52. The van der Waals surface area contributed by atoms with Gasteiger partial charge in [-0.3, -0.25) is 4.79 Å². The fraction of sp³-hybridized carbons (Fsp3) is 0.667. The van der Waals surface area contributed by atoms with Crippen LogP contribution in [0.15, 0.2) is 28.7 Å². The first kappa shape index (κ1) is 19.8. The lowest BCUT2D eigenvalue weighted by Gasteiger charge is -2.36. The van der Waals surface area contributed by atoms with E-state index in [-0.39, 0.29) is 5.91 Å². The second-order valence-electron chi connectivity index (χ2n) is 7.83. The highest BCUT2D eigenvalue weighted by Gasteiger charge is 2.41. The van der Waals surface area contributed by atoms with Gasteiger partial charge in [-0.1, -0.05) is 35.0 Å².